The normalized spacial score (nSPS) is 16.0. The molecule has 0 spiro atoms. The lowest BCUT2D eigenvalue weighted by molar-refractivity contribution is -0.119. The van der Waals surface area contributed by atoms with Crippen molar-refractivity contribution in [1.29, 1.82) is 0 Å². The van der Waals surface area contributed by atoms with Crippen LogP contribution in [0.5, 0.6) is 0 Å². The van der Waals surface area contributed by atoms with Crippen molar-refractivity contribution in [1.82, 2.24) is 10.3 Å². The minimum atomic E-state index is -0.00301. The predicted molar refractivity (Wildman–Crippen MR) is 48.9 cm³/mol. The van der Waals surface area contributed by atoms with Crippen molar-refractivity contribution in [2.45, 2.75) is 12.8 Å². The molecule has 1 aromatic rings. The Labute approximate surface area is 76.5 Å². The van der Waals surface area contributed by atoms with E-state index in [2.05, 4.69) is 16.9 Å². The molecule has 3 nitrogen and oxygen atoms in total. The van der Waals surface area contributed by atoms with Crippen LogP contribution in [0.4, 0.5) is 0 Å². The second-order valence-corrected chi connectivity index (χ2v) is 3.11. The average molecular weight is 174 g/mol. The van der Waals surface area contributed by atoms with E-state index in [0.29, 0.717) is 12.8 Å². The van der Waals surface area contributed by atoms with E-state index in [-0.39, 0.29) is 5.91 Å². The Bertz CT molecular complexity index is 336. The summed E-state index contributed by atoms with van der Waals surface area (Å²) in [7, 11) is 0. The molecule has 0 unspecified atom stereocenters. The number of nitrogens with one attached hydrogen (secondary N) is 1. The third-order valence-corrected chi connectivity index (χ3v) is 2.03. The van der Waals surface area contributed by atoms with Gasteiger partial charge in [0.25, 0.3) is 0 Å². The Morgan fingerprint density at radius 1 is 1.46 bits per heavy atom. The number of hydrogen-bond acceptors (Lipinski definition) is 2. The van der Waals surface area contributed by atoms with E-state index in [1.807, 2.05) is 12.1 Å². The third kappa shape index (κ3) is 1.59. The second kappa shape index (κ2) is 3.01. The van der Waals surface area contributed by atoms with E-state index in [9.17, 15) is 4.79 Å². The monoisotopic (exact) mass is 174 g/mol. The Morgan fingerprint density at radius 2 is 2.31 bits per heavy atom. The molecule has 1 aromatic heterocycles. The molecule has 0 radical (unpaired) electrons. The number of aromatic nitrogens is 1. The van der Waals surface area contributed by atoms with Crippen molar-refractivity contribution in [2.24, 2.45) is 0 Å². The first-order chi connectivity index (χ1) is 6.25. The summed E-state index contributed by atoms with van der Waals surface area (Å²) in [4.78, 5) is 15.5. The summed E-state index contributed by atoms with van der Waals surface area (Å²) in [6.07, 6.45) is 2.78. The highest BCUT2D eigenvalue weighted by molar-refractivity contribution is 5.81. The molecular formula is C10H10N2O. The molecule has 1 amide bonds. The molecule has 0 saturated heterocycles. The van der Waals surface area contributed by atoms with E-state index in [4.69, 9.17) is 0 Å². The zero-order valence-corrected chi connectivity index (χ0v) is 7.21. The summed E-state index contributed by atoms with van der Waals surface area (Å²) < 4.78 is 0. The molecule has 0 saturated carbocycles. The van der Waals surface area contributed by atoms with Gasteiger partial charge in [0.2, 0.25) is 5.91 Å². The Kier molecular flexibility index (Phi) is 1.85. The second-order valence-electron chi connectivity index (χ2n) is 3.11. The first kappa shape index (κ1) is 7.98. The number of hydrogen-bond donors (Lipinski definition) is 1. The van der Waals surface area contributed by atoms with Crippen LogP contribution >= 0.6 is 0 Å². The van der Waals surface area contributed by atoms with Crippen LogP contribution in [0, 0.1) is 0 Å². The van der Waals surface area contributed by atoms with Gasteiger partial charge in [0.05, 0.1) is 6.42 Å². The lowest BCUT2D eigenvalue weighted by Gasteiger charge is -2.01. The fraction of sp³-hybridized carbons (Fsp3) is 0.200. The number of amides is 1. The first-order valence-corrected chi connectivity index (χ1v) is 4.16. The fourth-order valence-corrected chi connectivity index (χ4v) is 1.45. The van der Waals surface area contributed by atoms with Crippen molar-refractivity contribution in [3.8, 4) is 0 Å². The van der Waals surface area contributed by atoms with Gasteiger partial charge >= 0.3 is 0 Å². The molecule has 0 atom stereocenters. The predicted octanol–water partition coefficient (Wildman–Crippen LogP) is 0.810. The minimum Gasteiger partial charge on any atom is -0.330 e. The molecule has 66 valence electrons. The maximum Gasteiger partial charge on any atom is 0.228 e. The van der Waals surface area contributed by atoms with Gasteiger partial charge in [-0.2, -0.15) is 0 Å². The van der Waals surface area contributed by atoms with Crippen LogP contribution in [0.2, 0.25) is 0 Å². The number of allylic oxidation sites excluding steroid dienone is 1. The highest BCUT2D eigenvalue weighted by Crippen LogP contribution is 2.13. The van der Waals surface area contributed by atoms with Crippen LogP contribution in [-0.4, -0.2) is 10.9 Å². The van der Waals surface area contributed by atoms with Crippen LogP contribution < -0.4 is 5.32 Å². The summed E-state index contributed by atoms with van der Waals surface area (Å²) >= 11 is 0. The van der Waals surface area contributed by atoms with Crippen LogP contribution in [-0.2, 0) is 17.6 Å². The Hall–Kier alpha value is -1.64. The summed E-state index contributed by atoms with van der Waals surface area (Å²) in [5, 5.41) is 2.72. The SMILES string of the molecule is C=C1Cc2ncccc2CC(=O)N1. The van der Waals surface area contributed by atoms with Crippen LogP contribution in [0.1, 0.15) is 11.3 Å². The zero-order valence-electron chi connectivity index (χ0n) is 7.21. The quantitative estimate of drug-likeness (QED) is 0.632. The molecule has 0 bridgehead atoms. The summed E-state index contributed by atoms with van der Waals surface area (Å²) in [5.41, 5.74) is 2.67. The van der Waals surface area contributed by atoms with Gasteiger partial charge in [-0.05, 0) is 11.6 Å². The number of pyridine rings is 1. The summed E-state index contributed by atoms with van der Waals surface area (Å²) in [5.74, 6) is -0.00301. The largest absolute Gasteiger partial charge is 0.330 e. The van der Waals surface area contributed by atoms with Crippen LogP contribution in [0.15, 0.2) is 30.6 Å². The van der Waals surface area contributed by atoms with Gasteiger partial charge in [-0.1, -0.05) is 12.6 Å². The van der Waals surface area contributed by atoms with E-state index in [0.717, 1.165) is 17.0 Å². The van der Waals surface area contributed by atoms with E-state index < -0.39 is 0 Å². The zero-order chi connectivity index (χ0) is 9.26. The minimum absolute atomic E-state index is 0.00301. The van der Waals surface area contributed by atoms with Crippen molar-refractivity contribution < 1.29 is 4.79 Å². The van der Waals surface area contributed by atoms with Crippen LogP contribution in [0.25, 0.3) is 0 Å². The lowest BCUT2D eigenvalue weighted by Crippen LogP contribution is -2.21. The Balaban J connectivity index is 2.43. The number of nitrogens with zero attached hydrogens (tertiary/aromatic N) is 1. The van der Waals surface area contributed by atoms with Gasteiger partial charge in [-0.3, -0.25) is 9.78 Å². The van der Waals surface area contributed by atoms with Gasteiger partial charge in [0.1, 0.15) is 0 Å². The topological polar surface area (TPSA) is 42.0 Å². The highest BCUT2D eigenvalue weighted by atomic mass is 16.1. The van der Waals surface area contributed by atoms with Gasteiger partial charge in [0.15, 0.2) is 0 Å². The summed E-state index contributed by atoms with van der Waals surface area (Å²) in [6.45, 7) is 3.75. The van der Waals surface area contributed by atoms with Crippen molar-refractivity contribution in [2.75, 3.05) is 0 Å². The molecule has 2 heterocycles. The smallest absolute Gasteiger partial charge is 0.228 e. The number of fused-ring (bicyclic) bond motifs is 1. The number of rotatable bonds is 0. The van der Waals surface area contributed by atoms with Gasteiger partial charge in [-0.25, -0.2) is 0 Å². The molecule has 0 fully saturated rings. The van der Waals surface area contributed by atoms with Crippen molar-refractivity contribution >= 4 is 5.91 Å². The van der Waals surface area contributed by atoms with Crippen molar-refractivity contribution in [3.63, 3.8) is 0 Å². The molecule has 3 heteroatoms. The first-order valence-electron chi connectivity index (χ1n) is 4.16. The van der Waals surface area contributed by atoms with E-state index in [1.54, 1.807) is 6.20 Å². The lowest BCUT2D eigenvalue weighted by atomic mass is 10.1. The number of carbonyl (C=O) groups is 1. The molecule has 1 aliphatic rings. The third-order valence-electron chi connectivity index (χ3n) is 2.03. The van der Waals surface area contributed by atoms with Crippen molar-refractivity contribution in [3.05, 3.63) is 41.9 Å². The van der Waals surface area contributed by atoms with Gasteiger partial charge in [0, 0.05) is 24.0 Å². The van der Waals surface area contributed by atoms with Gasteiger partial charge in [-0.15, -0.1) is 0 Å². The summed E-state index contributed by atoms with van der Waals surface area (Å²) in [6, 6.07) is 3.78. The molecule has 13 heavy (non-hydrogen) atoms. The molecular weight excluding hydrogens is 164 g/mol. The maximum absolute atomic E-state index is 11.3. The van der Waals surface area contributed by atoms with E-state index in [1.165, 1.54) is 0 Å². The Morgan fingerprint density at radius 3 is 3.15 bits per heavy atom. The molecule has 2 rings (SSSR count). The van der Waals surface area contributed by atoms with E-state index >= 15 is 0 Å². The number of carbonyl (C=O) groups excluding carboxylic acids is 1. The van der Waals surface area contributed by atoms with Crippen LogP contribution in [0.3, 0.4) is 0 Å². The molecule has 1 N–H and O–H groups in total. The fourth-order valence-electron chi connectivity index (χ4n) is 1.45. The highest BCUT2D eigenvalue weighted by Gasteiger charge is 2.14. The molecule has 0 aromatic carbocycles. The van der Waals surface area contributed by atoms with Gasteiger partial charge < -0.3 is 5.32 Å². The molecule has 0 aliphatic carbocycles. The molecule has 1 aliphatic heterocycles. The maximum atomic E-state index is 11.3. The average Bonchev–Trinajstić information content (AvgIpc) is 2.20. The standard InChI is InChI=1S/C10H10N2O/c1-7-5-9-8(3-2-4-11-9)6-10(13)12-7/h2-4H,1,5-6H2,(H,12,13).